The molecule has 9 nitrogen and oxygen atoms in total. The predicted octanol–water partition coefficient (Wildman–Crippen LogP) is 3.87. The van der Waals surface area contributed by atoms with Crippen LogP contribution in [0.25, 0.3) is 11.1 Å². The molecule has 174 valence electrons. The largest absolute Gasteiger partial charge is 0.481 e. The van der Waals surface area contributed by atoms with Crippen LogP contribution < -0.4 is 24.6 Å². The molecule has 1 N–H and O–H groups in total. The minimum absolute atomic E-state index is 0.156. The lowest BCUT2D eigenvalue weighted by atomic mass is 9.91. The van der Waals surface area contributed by atoms with Crippen LogP contribution in [0.15, 0.2) is 36.7 Å². The second-order valence-electron chi connectivity index (χ2n) is 9.34. The minimum Gasteiger partial charge on any atom is -0.481 e. The fourth-order valence-electron chi connectivity index (χ4n) is 4.75. The zero-order valence-corrected chi connectivity index (χ0v) is 19.5. The van der Waals surface area contributed by atoms with Crippen molar-refractivity contribution in [2.24, 2.45) is 0 Å². The summed E-state index contributed by atoms with van der Waals surface area (Å²) in [6.45, 7) is 6.17. The molecule has 6 rings (SSSR count). The molecule has 3 aromatic rings. The molecule has 9 heteroatoms. The Bertz CT molecular complexity index is 1310. The molecule has 3 aliphatic heterocycles. The van der Waals surface area contributed by atoms with Crippen molar-refractivity contribution in [3.63, 3.8) is 0 Å². The molecule has 1 fully saturated rings. The number of fused-ring (bicyclic) bond motifs is 4. The van der Waals surface area contributed by atoms with Crippen molar-refractivity contribution < 1.29 is 14.3 Å². The molecule has 0 saturated carbocycles. The van der Waals surface area contributed by atoms with E-state index in [0.29, 0.717) is 24.9 Å². The Morgan fingerprint density at radius 1 is 1.09 bits per heavy atom. The lowest BCUT2D eigenvalue weighted by Crippen LogP contribution is -2.31. The highest BCUT2D eigenvalue weighted by Crippen LogP contribution is 2.46. The van der Waals surface area contributed by atoms with Gasteiger partial charge in [0.1, 0.15) is 23.6 Å². The third-order valence-corrected chi connectivity index (χ3v) is 6.53. The van der Waals surface area contributed by atoms with Crippen LogP contribution in [0.3, 0.4) is 0 Å². The second-order valence-corrected chi connectivity index (χ2v) is 9.34. The summed E-state index contributed by atoms with van der Waals surface area (Å²) in [5.41, 5.74) is 4.56. The molecular formula is C25H26N6O3. The van der Waals surface area contributed by atoms with Gasteiger partial charge in [-0.25, -0.2) is 15.0 Å². The third kappa shape index (κ3) is 3.39. The van der Waals surface area contributed by atoms with E-state index >= 15 is 0 Å². The Kier molecular flexibility index (Phi) is 4.62. The van der Waals surface area contributed by atoms with Crippen molar-refractivity contribution in [2.75, 3.05) is 41.9 Å². The molecule has 0 spiro atoms. The number of nitrogens with one attached hydrogen (secondary N) is 1. The van der Waals surface area contributed by atoms with E-state index in [1.54, 1.807) is 6.20 Å². The van der Waals surface area contributed by atoms with Crippen LogP contribution in [0.4, 0.5) is 23.0 Å². The number of carbonyl (C=O) groups is 1. The molecule has 0 aliphatic carbocycles. The number of rotatable bonds is 3. The number of aromatic nitrogens is 3. The van der Waals surface area contributed by atoms with Crippen molar-refractivity contribution in [1.29, 1.82) is 0 Å². The number of ether oxygens (including phenoxy) is 2. The number of likely N-dealkylation sites (N-methyl/N-ethyl adjacent to an activating group) is 1. The summed E-state index contributed by atoms with van der Waals surface area (Å²) in [6, 6.07) is 7.90. The van der Waals surface area contributed by atoms with Gasteiger partial charge in [0.2, 0.25) is 17.7 Å². The first-order chi connectivity index (χ1) is 16.4. The first kappa shape index (κ1) is 20.7. The molecule has 0 radical (unpaired) electrons. The molecule has 34 heavy (non-hydrogen) atoms. The topological polar surface area (TPSA) is 92.7 Å². The summed E-state index contributed by atoms with van der Waals surface area (Å²) in [7, 11) is 2.02. The van der Waals surface area contributed by atoms with E-state index in [4.69, 9.17) is 14.5 Å². The van der Waals surface area contributed by atoms with Gasteiger partial charge in [0, 0.05) is 49.1 Å². The SMILES string of the molecule is CN1CCOc2ncc(Nc3ncc4c(n3)C(C)(C)Oc3cc(N5CCCC5=O)ccc3-4)cc21. The summed E-state index contributed by atoms with van der Waals surface area (Å²) in [5.74, 6) is 2.00. The summed E-state index contributed by atoms with van der Waals surface area (Å²) >= 11 is 0. The molecule has 3 aliphatic rings. The van der Waals surface area contributed by atoms with Gasteiger partial charge < -0.3 is 24.6 Å². The number of carbonyl (C=O) groups excluding carboxylic acids is 1. The van der Waals surface area contributed by atoms with Gasteiger partial charge >= 0.3 is 0 Å². The highest BCUT2D eigenvalue weighted by molar-refractivity contribution is 5.96. The maximum absolute atomic E-state index is 12.2. The summed E-state index contributed by atoms with van der Waals surface area (Å²) < 4.78 is 12.0. The molecule has 0 atom stereocenters. The number of anilines is 4. The lowest BCUT2D eigenvalue weighted by Gasteiger charge is -2.34. The number of hydrogen-bond acceptors (Lipinski definition) is 8. The second kappa shape index (κ2) is 7.58. The summed E-state index contributed by atoms with van der Waals surface area (Å²) in [5, 5.41) is 3.27. The highest BCUT2D eigenvalue weighted by atomic mass is 16.5. The summed E-state index contributed by atoms with van der Waals surface area (Å²) in [6.07, 6.45) is 5.03. The van der Waals surface area contributed by atoms with Crippen molar-refractivity contribution in [3.05, 3.63) is 42.4 Å². The van der Waals surface area contributed by atoms with Crippen molar-refractivity contribution in [3.8, 4) is 22.8 Å². The maximum atomic E-state index is 12.2. The van der Waals surface area contributed by atoms with E-state index in [9.17, 15) is 4.79 Å². The van der Waals surface area contributed by atoms with Gasteiger partial charge in [-0.05, 0) is 38.5 Å². The van der Waals surface area contributed by atoms with Crippen LogP contribution in [0.5, 0.6) is 11.6 Å². The van der Waals surface area contributed by atoms with Gasteiger partial charge in [-0.1, -0.05) is 0 Å². The predicted molar refractivity (Wildman–Crippen MR) is 129 cm³/mol. The Hall–Kier alpha value is -3.88. The Morgan fingerprint density at radius 2 is 1.97 bits per heavy atom. The monoisotopic (exact) mass is 458 g/mol. The van der Waals surface area contributed by atoms with Crippen molar-refractivity contribution in [1.82, 2.24) is 15.0 Å². The van der Waals surface area contributed by atoms with E-state index in [2.05, 4.69) is 20.2 Å². The fraction of sp³-hybridized carbons (Fsp3) is 0.360. The average molecular weight is 459 g/mol. The van der Waals surface area contributed by atoms with E-state index in [-0.39, 0.29) is 5.91 Å². The first-order valence-corrected chi connectivity index (χ1v) is 11.5. The standard InChI is InChI=1S/C25H26N6O3/c1-25(2)22-18(17-7-6-16(12-20(17)34-25)31-8-4-5-21(31)32)14-27-24(29-22)28-15-11-19-23(26-13-15)33-10-9-30(19)3/h6-7,11-14H,4-5,8-10H2,1-3H3,(H,27,28,29). The maximum Gasteiger partial charge on any atom is 0.237 e. The summed E-state index contributed by atoms with van der Waals surface area (Å²) in [4.78, 5) is 30.0. The normalized spacial score (nSPS) is 17.9. The van der Waals surface area contributed by atoms with E-state index in [1.165, 1.54) is 0 Å². The Balaban J connectivity index is 1.33. The van der Waals surface area contributed by atoms with Gasteiger partial charge in [-0.3, -0.25) is 4.79 Å². The number of hydrogen-bond donors (Lipinski definition) is 1. The Labute approximate surface area is 197 Å². The zero-order chi connectivity index (χ0) is 23.4. The van der Waals surface area contributed by atoms with Crippen LogP contribution in [-0.2, 0) is 10.4 Å². The van der Waals surface area contributed by atoms with Crippen molar-refractivity contribution >= 4 is 28.9 Å². The number of pyridine rings is 1. The van der Waals surface area contributed by atoms with Gasteiger partial charge in [-0.15, -0.1) is 0 Å². The quantitative estimate of drug-likeness (QED) is 0.633. The number of nitrogens with zero attached hydrogens (tertiary/aromatic N) is 5. The van der Waals surface area contributed by atoms with E-state index < -0.39 is 5.60 Å². The molecule has 5 heterocycles. The molecule has 1 aromatic carbocycles. The number of benzene rings is 1. The molecule has 2 aromatic heterocycles. The minimum atomic E-state index is -0.669. The van der Waals surface area contributed by atoms with Crippen LogP contribution in [0, 0.1) is 0 Å². The molecule has 1 amide bonds. The molecular weight excluding hydrogens is 432 g/mol. The highest BCUT2D eigenvalue weighted by Gasteiger charge is 2.36. The van der Waals surface area contributed by atoms with Crippen LogP contribution in [0.1, 0.15) is 32.4 Å². The Morgan fingerprint density at radius 3 is 2.79 bits per heavy atom. The van der Waals surface area contributed by atoms with Crippen LogP contribution in [-0.4, -0.2) is 47.6 Å². The van der Waals surface area contributed by atoms with Gasteiger partial charge in [0.15, 0.2) is 0 Å². The number of amides is 1. The lowest BCUT2D eigenvalue weighted by molar-refractivity contribution is -0.117. The van der Waals surface area contributed by atoms with Crippen LogP contribution in [0.2, 0.25) is 0 Å². The molecule has 1 saturated heterocycles. The average Bonchev–Trinajstić information content (AvgIpc) is 3.25. The smallest absolute Gasteiger partial charge is 0.237 e. The van der Waals surface area contributed by atoms with E-state index in [1.807, 2.05) is 56.3 Å². The van der Waals surface area contributed by atoms with Gasteiger partial charge in [0.25, 0.3) is 0 Å². The van der Waals surface area contributed by atoms with Gasteiger partial charge in [-0.2, -0.15) is 0 Å². The molecule has 0 unspecified atom stereocenters. The van der Waals surface area contributed by atoms with Crippen molar-refractivity contribution in [2.45, 2.75) is 32.3 Å². The first-order valence-electron chi connectivity index (χ1n) is 11.5. The third-order valence-electron chi connectivity index (χ3n) is 6.53. The fourth-order valence-corrected chi connectivity index (χ4v) is 4.75. The zero-order valence-electron chi connectivity index (χ0n) is 19.5. The van der Waals surface area contributed by atoms with Gasteiger partial charge in [0.05, 0.1) is 24.1 Å². The van der Waals surface area contributed by atoms with E-state index in [0.717, 1.165) is 59.1 Å². The molecule has 0 bridgehead atoms. The van der Waals surface area contributed by atoms with Crippen LogP contribution >= 0.6 is 0 Å².